The second-order valence-electron chi connectivity index (χ2n) is 5.76. The van der Waals surface area contributed by atoms with Crippen LogP contribution in [0.2, 0.25) is 0 Å². The number of rotatable bonds is 3. The highest BCUT2D eigenvalue weighted by Crippen LogP contribution is 2.38. The molecule has 0 saturated heterocycles. The largest absolute Gasteiger partial charge is 0.374 e. The number of nitrogens with one attached hydrogen (secondary N) is 1. The summed E-state index contributed by atoms with van der Waals surface area (Å²) in [5.41, 5.74) is 7.69. The number of primary amides is 1. The fourth-order valence-electron chi connectivity index (χ4n) is 3.02. The number of nitrogens with two attached hydrogens (primary N) is 1. The molecule has 1 fully saturated rings. The van der Waals surface area contributed by atoms with Crippen molar-refractivity contribution in [3.8, 4) is 0 Å². The normalized spacial score (nSPS) is 18.3. The number of aryl methyl sites for hydroxylation is 1. The molecular formula is C16H24N2O2S. The topological polar surface area (TPSA) is 72.2 Å². The van der Waals surface area contributed by atoms with Crippen molar-refractivity contribution in [2.45, 2.75) is 63.8 Å². The lowest BCUT2D eigenvalue weighted by atomic mass is 9.92. The van der Waals surface area contributed by atoms with Crippen LogP contribution in [0.15, 0.2) is 0 Å². The monoisotopic (exact) mass is 308 g/mol. The number of carbonyl (C=O) groups excluding carboxylic acids is 2. The third-order valence-electron chi connectivity index (χ3n) is 4.36. The van der Waals surface area contributed by atoms with Gasteiger partial charge in [0.2, 0.25) is 0 Å². The van der Waals surface area contributed by atoms with Crippen LogP contribution in [0.5, 0.6) is 0 Å². The van der Waals surface area contributed by atoms with Crippen molar-refractivity contribution in [1.82, 2.24) is 0 Å². The van der Waals surface area contributed by atoms with Crippen LogP contribution in [0.4, 0.5) is 5.00 Å². The number of anilines is 1. The molecule has 0 aliphatic heterocycles. The Hall–Kier alpha value is -1.36. The van der Waals surface area contributed by atoms with Crippen LogP contribution >= 0.6 is 11.3 Å². The molecule has 3 rings (SSSR count). The zero-order chi connectivity index (χ0) is 15.2. The number of hydrogen-bond donors (Lipinski definition) is 2. The van der Waals surface area contributed by atoms with Gasteiger partial charge in [0.25, 0.3) is 5.91 Å². The van der Waals surface area contributed by atoms with E-state index in [1.807, 2.05) is 6.79 Å². The zero-order valence-corrected chi connectivity index (χ0v) is 13.3. The summed E-state index contributed by atoms with van der Waals surface area (Å²) in [6.45, 7) is 2.00. The molecule has 0 bridgehead atoms. The SMILES string of the molecule is C=O.NC(=O)c1c(NC2CCC2)sc2c1CCCCCC2. The van der Waals surface area contributed by atoms with E-state index in [4.69, 9.17) is 10.5 Å². The quantitative estimate of drug-likeness (QED) is 0.900. The summed E-state index contributed by atoms with van der Waals surface area (Å²) in [6.07, 6.45) is 10.9. The average molecular weight is 308 g/mol. The molecule has 5 heteroatoms. The van der Waals surface area contributed by atoms with E-state index in [1.54, 1.807) is 11.3 Å². The van der Waals surface area contributed by atoms with Gasteiger partial charge in [-0.3, -0.25) is 4.79 Å². The fourth-order valence-corrected chi connectivity index (χ4v) is 4.39. The molecular weight excluding hydrogens is 284 g/mol. The lowest BCUT2D eigenvalue weighted by Gasteiger charge is -2.27. The van der Waals surface area contributed by atoms with Crippen molar-refractivity contribution >= 4 is 29.0 Å². The maximum atomic E-state index is 11.8. The van der Waals surface area contributed by atoms with Crippen molar-refractivity contribution in [3.05, 3.63) is 16.0 Å². The van der Waals surface area contributed by atoms with Gasteiger partial charge >= 0.3 is 0 Å². The van der Waals surface area contributed by atoms with Crippen LogP contribution in [0.25, 0.3) is 0 Å². The summed E-state index contributed by atoms with van der Waals surface area (Å²) in [5.74, 6) is -0.250. The first kappa shape index (κ1) is 16.0. The van der Waals surface area contributed by atoms with Gasteiger partial charge in [0.1, 0.15) is 11.8 Å². The zero-order valence-electron chi connectivity index (χ0n) is 12.5. The fraction of sp³-hybridized carbons (Fsp3) is 0.625. The molecule has 0 spiro atoms. The first-order valence-corrected chi connectivity index (χ1v) is 8.57. The minimum atomic E-state index is -0.250. The molecule has 0 aromatic carbocycles. The van der Waals surface area contributed by atoms with Crippen molar-refractivity contribution in [3.63, 3.8) is 0 Å². The number of carbonyl (C=O) groups is 2. The van der Waals surface area contributed by atoms with Crippen LogP contribution in [-0.4, -0.2) is 18.7 Å². The van der Waals surface area contributed by atoms with E-state index in [0.29, 0.717) is 6.04 Å². The van der Waals surface area contributed by atoms with Gasteiger partial charge in [0.15, 0.2) is 0 Å². The smallest absolute Gasteiger partial charge is 0.251 e. The third-order valence-corrected chi connectivity index (χ3v) is 5.58. The van der Waals surface area contributed by atoms with Crippen LogP contribution < -0.4 is 11.1 Å². The average Bonchev–Trinajstić information content (AvgIpc) is 2.73. The van der Waals surface area contributed by atoms with E-state index in [9.17, 15) is 4.79 Å². The minimum absolute atomic E-state index is 0.250. The second-order valence-corrected chi connectivity index (χ2v) is 6.86. The Bertz CT molecular complexity index is 495. The van der Waals surface area contributed by atoms with Gasteiger partial charge in [0.05, 0.1) is 5.56 Å². The molecule has 1 aromatic rings. The second kappa shape index (κ2) is 7.59. The summed E-state index contributed by atoms with van der Waals surface area (Å²) >= 11 is 1.78. The van der Waals surface area contributed by atoms with Crippen molar-refractivity contribution in [1.29, 1.82) is 0 Å². The molecule has 2 aliphatic rings. The number of hydrogen-bond acceptors (Lipinski definition) is 4. The van der Waals surface area contributed by atoms with Crippen molar-refractivity contribution in [2.75, 3.05) is 5.32 Å². The van der Waals surface area contributed by atoms with Crippen LogP contribution in [0.3, 0.4) is 0 Å². The molecule has 0 atom stereocenters. The lowest BCUT2D eigenvalue weighted by Crippen LogP contribution is -2.28. The lowest BCUT2D eigenvalue weighted by molar-refractivity contribution is -0.0980. The first-order valence-electron chi connectivity index (χ1n) is 7.75. The van der Waals surface area contributed by atoms with Crippen molar-refractivity contribution in [2.24, 2.45) is 5.73 Å². The maximum absolute atomic E-state index is 11.8. The van der Waals surface area contributed by atoms with Crippen molar-refractivity contribution < 1.29 is 9.59 Å². The Labute approximate surface area is 130 Å². The Morgan fingerprint density at radius 3 is 2.33 bits per heavy atom. The minimum Gasteiger partial charge on any atom is -0.374 e. The first-order chi connectivity index (χ1) is 10.3. The van der Waals surface area contributed by atoms with E-state index in [2.05, 4.69) is 5.32 Å². The highest BCUT2D eigenvalue weighted by atomic mass is 32.1. The van der Waals surface area contributed by atoms with Crippen LogP contribution in [-0.2, 0) is 17.6 Å². The standard InChI is InChI=1S/C15H22N2OS.CH2O/c16-14(18)13-11-8-3-1-2-4-9-12(11)19-15(13)17-10-6-5-7-10;1-2/h10,17H,1-9H2,(H2,16,18);1H2. The maximum Gasteiger partial charge on any atom is 0.251 e. The summed E-state index contributed by atoms with van der Waals surface area (Å²) in [6, 6.07) is 0.558. The van der Waals surface area contributed by atoms with Crippen LogP contribution in [0, 0.1) is 0 Å². The number of thiophene rings is 1. The number of fused-ring (bicyclic) bond motifs is 1. The summed E-state index contributed by atoms with van der Waals surface area (Å²) in [5, 5.41) is 4.59. The van der Waals surface area contributed by atoms with Gasteiger partial charge in [-0.1, -0.05) is 12.8 Å². The number of amides is 1. The van der Waals surface area contributed by atoms with Gasteiger partial charge in [-0.15, -0.1) is 11.3 Å². The molecule has 3 N–H and O–H groups in total. The summed E-state index contributed by atoms with van der Waals surface area (Å²) < 4.78 is 0. The summed E-state index contributed by atoms with van der Waals surface area (Å²) in [7, 11) is 0. The Balaban J connectivity index is 0.000000774. The molecule has 21 heavy (non-hydrogen) atoms. The van der Waals surface area contributed by atoms with E-state index >= 15 is 0 Å². The van der Waals surface area contributed by atoms with Gasteiger partial charge in [-0.25, -0.2) is 0 Å². The predicted octanol–water partition coefficient (Wildman–Crippen LogP) is 3.29. The predicted molar refractivity (Wildman–Crippen MR) is 87.1 cm³/mol. The molecule has 1 amide bonds. The highest BCUT2D eigenvalue weighted by molar-refractivity contribution is 7.16. The molecule has 2 aliphatic carbocycles. The molecule has 0 unspecified atom stereocenters. The molecule has 4 nitrogen and oxygen atoms in total. The van der Waals surface area contributed by atoms with Gasteiger partial charge < -0.3 is 15.8 Å². The molecule has 0 radical (unpaired) electrons. The van der Waals surface area contributed by atoms with Gasteiger partial charge in [0, 0.05) is 10.9 Å². The van der Waals surface area contributed by atoms with E-state index in [0.717, 1.165) is 23.4 Å². The Kier molecular flexibility index (Phi) is 5.79. The van der Waals surface area contributed by atoms with E-state index < -0.39 is 0 Å². The summed E-state index contributed by atoms with van der Waals surface area (Å²) in [4.78, 5) is 21.2. The third kappa shape index (κ3) is 3.64. The molecule has 116 valence electrons. The highest BCUT2D eigenvalue weighted by Gasteiger charge is 2.25. The Morgan fingerprint density at radius 2 is 1.76 bits per heavy atom. The molecule has 1 saturated carbocycles. The van der Waals surface area contributed by atoms with Gasteiger partial charge in [-0.2, -0.15) is 0 Å². The van der Waals surface area contributed by atoms with Crippen LogP contribution in [0.1, 0.15) is 65.7 Å². The molecule has 1 aromatic heterocycles. The van der Waals surface area contributed by atoms with E-state index in [1.165, 1.54) is 55.4 Å². The Morgan fingerprint density at radius 1 is 1.10 bits per heavy atom. The van der Waals surface area contributed by atoms with Gasteiger partial charge in [-0.05, 0) is 50.5 Å². The van der Waals surface area contributed by atoms with E-state index in [-0.39, 0.29) is 5.91 Å². The molecule has 1 heterocycles.